The lowest BCUT2D eigenvalue weighted by Gasteiger charge is -2.25. The van der Waals surface area contributed by atoms with Gasteiger partial charge in [0.05, 0.1) is 12.2 Å². The van der Waals surface area contributed by atoms with Gasteiger partial charge in [0.1, 0.15) is 5.76 Å². The normalized spacial score (nSPS) is 15.3. The molecule has 0 saturated carbocycles. The summed E-state index contributed by atoms with van der Waals surface area (Å²) in [6.07, 6.45) is 3.07. The fraction of sp³-hybridized carbons (Fsp3) is 0.529. The van der Waals surface area contributed by atoms with E-state index in [4.69, 9.17) is 9.05 Å². The van der Waals surface area contributed by atoms with Gasteiger partial charge in [-0.25, -0.2) is 0 Å². The second-order valence-electron chi connectivity index (χ2n) is 6.42. The summed E-state index contributed by atoms with van der Waals surface area (Å²) in [5.41, 5.74) is 3.11. The van der Waals surface area contributed by atoms with Gasteiger partial charge in [-0.1, -0.05) is 16.4 Å². The first-order valence-electron chi connectivity index (χ1n) is 8.32. The van der Waals surface area contributed by atoms with Crippen LogP contribution in [0.15, 0.2) is 15.1 Å². The maximum Gasteiger partial charge on any atom is 0.246 e. The molecule has 1 aliphatic heterocycles. The summed E-state index contributed by atoms with van der Waals surface area (Å²) >= 11 is 0. The van der Waals surface area contributed by atoms with E-state index in [0.717, 1.165) is 48.6 Å². The Balaban J connectivity index is 1.66. The highest BCUT2D eigenvalue weighted by Gasteiger charge is 2.21. The highest BCUT2D eigenvalue weighted by molar-refractivity contribution is 5.72. The number of hydrogen-bond donors (Lipinski definition) is 0. The molecule has 8 heteroatoms. The summed E-state index contributed by atoms with van der Waals surface area (Å²) in [5.74, 6) is 1.86. The number of amides is 1. The van der Waals surface area contributed by atoms with Crippen molar-refractivity contribution in [3.8, 4) is 0 Å². The second kappa shape index (κ2) is 7.18. The first kappa shape index (κ1) is 17.3. The van der Waals surface area contributed by atoms with Crippen molar-refractivity contribution in [1.29, 1.82) is 0 Å². The topological polar surface area (TPSA) is 88.5 Å². The number of aromatic nitrogens is 3. The van der Waals surface area contributed by atoms with Crippen LogP contribution in [0.5, 0.6) is 0 Å². The van der Waals surface area contributed by atoms with E-state index in [0.29, 0.717) is 18.3 Å². The molecule has 0 atom stereocenters. The van der Waals surface area contributed by atoms with E-state index in [1.807, 2.05) is 13.8 Å². The summed E-state index contributed by atoms with van der Waals surface area (Å²) in [6, 6.07) is 0. The van der Waals surface area contributed by atoms with Crippen molar-refractivity contribution < 1.29 is 13.8 Å². The van der Waals surface area contributed by atoms with Gasteiger partial charge in [0.2, 0.25) is 11.8 Å². The molecule has 8 nitrogen and oxygen atoms in total. The Bertz CT molecular complexity index is 773. The van der Waals surface area contributed by atoms with Crippen LogP contribution in [-0.4, -0.2) is 51.1 Å². The van der Waals surface area contributed by atoms with Gasteiger partial charge in [0.25, 0.3) is 0 Å². The third-order valence-electron chi connectivity index (χ3n) is 4.46. The fourth-order valence-electron chi connectivity index (χ4n) is 2.82. The zero-order valence-corrected chi connectivity index (χ0v) is 15.1. The molecule has 0 bridgehead atoms. The van der Waals surface area contributed by atoms with Crippen molar-refractivity contribution in [2.75, 3.05) is 20.1 Å². The quantitative estimate of drug-likeness (QED) is 0.818. The Morgan fingerprint density at radius 2 is 2.12 bits per heavy atom. The molecule has 2 aromatic heterocycles. The highest BCUT2D eigenvalue weighted by atomic mass is 16.5. The molecule has 0 unspecified atom stereocenters. The summed E-state index contributed by atoms with van der Waals surface area (Å²) in [4.78, 5) is 19.6. The average molecular weight is 345 g/mol. The minimum Gasteiger partial charge on any atom is -0.361 e. The number of carbonyl (C=O) groups excluding carboxylic acids is 1. The van der Waals surface area contributed by atoms with Crippen LogP contribution < -0.4 is 0 Å². The molecule has 0 radical (unpaired) electrons. The van der Waals surface area contributed by atoms with Crippen LogP contribution >= 0.6 is 0 Å². The Morgan fingerprint density at radius 3 is 2.80 bits per heavy atom. The minimum absolute atomic E-state index is 0.0396. The number of nitrogens with zero attached hydrogens (tertiary/aromatic N) is 5. The molecule has 1 amide bonds. The van der Waals surface area contributed by atoms with Gasteiger partial charge in [0, 0.05) is 44.7 Å². The van der Waals surface area contributed by atoms with Crippen LogP contribution in [0, 0.1) is 13.8 Å². The molecule has 0 spiro atoms. The van der Waals surface area contributed by atoms with E-state index in [9.17, 15) is 4.79 Å². The van der Waals surface area contributed by atoms with Gasteiger partial charge in [-0.15, -0.1) is 0 Å². The highest BCUT2D eigenvalue weighted by Crippen LogP contribution is 2.22. The Morgan fingerprint density at radius 1 is 1.32 bits per heavy atom. The molecule has 25 heavy (non-hydrogen) atoms. The van der Waals surface area contributed by atoms with Gasteiger partial charge in [-0.2, -0.15) is 4.98 Å². The van der Waals surface area contributed by atoms with Crippen molar-refractivity contribution in [3.63, 3.8) is 0 Å². The molecule has 3 rings (SSSR count). The van der Waals surface area contributed by atoms with Gasteiger partial charge in [-0.3, -0.25) is 9.69 Å². The van der Waals surface area contributed by atoms with E-state index in [1.165, 1.54) is 11.8 Å². The number of hydrogen-bond acceptors (Lipinski definition) is 7. The van der Waals surface area contributed by atoms with E-state index >= 15 is 0 Å². The molecular formula is C17H23N5O3. The largest absolute Gasteiger partial charge is 0.361 e. The number of aryl methyl sites for hydroxylation is 2. The SMILES string of the molecule is CC(=O)N(C)Cc1nc(C2=CCCN(Cc3c(C)noc3C)C2)no1. The Labute approximate surface area is 146 Å². The molecule has 0 aliphatic carbocycles. The van der Waals surface area contributed by atoms with Crippen LogP contribution in [0.2, 0.25) is 0 Å². The van der Waals surface area contributed by atoms with E-state index in [1.54, 1.807) is 7.05 Å². The standard InChI is InChI=1S/C17H23N5O3/c1-11-15(12(2)24-19-11)9-22-7-5-6-14(8-22)17-18-16(25-20-17)10-21(4)13(3)23/h6H,5,7-10H2,1-4H3. The van der Waals surface area contributed by atoms with E-state index in [2.05, 4.69) is 26.3 Å². The third-order valence-corrected chi connectivity index (χ3v) is 4.46. The lowest BCUT2D eigenvalue weighted by atomic mass is 10.1. The molecule has 1 aliphatic rings. The molecule has 2 aromatic rings. The zero-order valence-electron chi connectivity index (χ0n) is 15.1. The average Bonchev–Trinajstić information content (AvgIpc) is 3.17. The van der Waals surface area contributed by atoms with E-state index < -0.39 is 0 Å². The Hall–Kier alpha value is -2.48. The molecule has 0 N–H and O–H groups in total. The number of rotatable bonds is 5. The van der Waals surface area contributed by atoms with Crippen LogP contribution in [0.3, 0.4) is 0 Å². The van der Waals surface area contributed by atoms with Crippen molar-refractivity contribution in [3.05, 3.63) is 34.8 Å². The first-order valence-corrected chi connectivity index (χ1v) is 8.32. The second-order valence-corrected chi connectivity index (χ2v) is 6.42. The van der Waals surface area contributed by atoms with Crippen molar-refractivity contribution in [2.24, 2.45) is 0 Å². The monoisotopic (exact) mass is 345 g/mol. The number of carbonyl (C=O) groups is 1. The Kier molecular flexibility index (Phi) is 4.98. The lowest BCUT2D eigenvalue weighted by Crippen LogP contribution is -2.29. The fourth-order valence-corrected chi connectivity index (χ4v) is 2.82. The van der Waals surface area contributed by atoms with Crippen molar-refractivity contribution in [1.82, 2.24) is 25.1 Å². The van der Waals surface area contributed by atoms with Crippen LogP contribution in [-0.2, 0) is 17.9 Å². The van der Waals surface area contributed by atoms with Gasteiger partial charge in [0.15, 0.2) is 5.82 Å². The van der Waals surface area contributed by atoms with Crippen LogP contribution in [0.1, 0.15) is 42.1 Å². The third kappa shape index (κ3) is 3.96. The minimum atomic E-state index is -0.0396. The molecule has 3 heterocycles. The summed E-state index contributed by atoms with van der Waals surface area (Å²) in [6.45, 7) is 8.22. The zero-order chi connectivity index (χ0) is 18.0. The van der Waals surface area contributed by atoms with Crippen LogP contribution in [0.4, 0.5) is 0 Å². The van der Waals surface area contributed by atoms with Gasteiger partial charge in [-0.05, 0) is 20.3 Å². The molecule has 134 valence electrons. The summed E-state index contributed by atoms with van der Waals surface area (Å²) in [5, 5.41) is 8.08. The molecule has 0 saturated heterocycles. The van der Waals surface area contributed by atoms with Crippen molar-refractivity contribution >= 4 is 11.5 Å². The van der Waals surface area contributed by atoms with Crippen molar-refractivity contribution in [2.45, 2.75) is 40.3 Å². The van der Waals surface area contributed by atoms with E-state index in [-0.39, 0.29) is 5.91 Å². The molecule has 0 fully saturated rings. The predicted octanol–water partition coefficient (Wildman–Crippen LogP) is 1.94. The smallest absolute Gasteiger partial charge is 0.246 e. The summed E-state index contributed by atoms with van der Waals surface area (Å²) < 4.78 is 10.5. The van der Waals surface area contributed by atoms with Gasteiger partial charge < -0.3 is 13.9 Å². The molecular weight excluding hydrogens is 322 g/mol. The predicted molar refractivity (Wildman–Crippen MR) is 90.3 cm³/mol. The lowest BCUT2D eigenvalue weighted by molar-refractivity contribution is -0.128. The maximum atomic E-state index is 11.3. The molecule has 0 aromatic carbocycles. The van der Waals surface area contributed by atoms with Gasteiger partial charge >= 0.3 is 0 Å². The summed E-state index contributed by atoms with van der Waals surface area (Å²) in [7, 11) is 1.71. The maximum absolute atomic E-state index is 11.3. The van der Waals surface area contributed by atoms with Crippen LogP contribution in [0.25, 0.3) is 5.57 Å². The first-order chi connectivity index (χ1) is 11.9.